The van der Waals surface area contributed by atoms with Crippen molar-refractivity contribution in [2.45, 2.75) is 0 Å². The first-order chi connectivity index (χ1) is 9.72. The van der Waals surface area contributed by atoms with Gasteiger partial charge in [-0.25, -0.2) is 0 Å². The molecular formula is C17H11BrO2. The molecule has 3 heteroatoms. The van der Waals surface area contributed by atoms with E-state index in [9.17, 15) is 4.79 Å². The van der Waals surface area contributed by atoms with Crippen molar-refractivity contribution in [2.75, 3.05) is 0 Å². The summed E-state index contributed by atoms with van der Waals surface area (Å²) in [5, 5.41) is 0.937. The van der Waals surface area contributed by atoms with Gasteiger partial charge in [-0.2, -0.15) is 0 Å². The van der Waals surface area contributed by atoms with Crippen LogP contribution in [0.1, 0.15) is 16.1 Å². The van der Waals surface area contributed by atoms with Crippen LogP contribution in [-0.4, -0.2) is 5.78 Å². The molecular weight excluding hydrogens is 316 g/mol. The Balaban J connectivity index is 1.85. The molecule has 3 aromatic rings. The molecule has 0 aliphatic rings. The SMILES string of the molecule is O=C(C=Cc1cccc(Br)c1)c1cc2ccccc2o1. The van der Waals surface area contributed by atoms with E-state index in [2.05, 4.69) is 15.9 Å². The first-order valence-corrected chi connectivity index (χ1v) is 6.98. The van der Waals surface area contributed by atoms with Crippen LogP contribution in [0.4, 0.5) is 0 Å². The Kier molecular flexibility index (Phi) is 3.52. The summed E-state index contributed by atoms with van der Waals surface area (Å²) in [6.07, 6.45) is 3.31. The predicted octanol–water partition coefficient (Wildman–Crippen LogP) is 5.09. The molecule has 1 heterocycles. The Morgan fingerprint density at radius 1 is 1.05 bits per heavy atom. The third-order valence-electron chi connectivity index (χ3n) is 2.94. The minimum Gasteiger partial charge on any atom is -0.453 e. The second-order valence-electron chi connectivity index (χ2n) is 4.40. The van der Waals surface area contributed by atoms with Crippen LogP contribution in [-0.2, 0) is 0 Å². The monoisotopic (exact) mass is 326 g/mol. The van der Waals surface area contributed by atoms with E-state index in [0.29, 0.717) is 5.76 Å². The fourth-order valence-electron chi connectivity index (χ4n) is 1.97. The highest BCUT2D eigenvalue weighted by molar-refractivity contribution is 9.10. The fourth-order valence-corrected chi connectivity index (χ4v) is 2.38. The van der Waals surface area contributed by atoms with E-state index in [0.717, 1.165) is 21.0 Å². The van der Waals surface area contributed by atoms with Crippen LogP contribution in [0.3, 0.4) is 0 Å². The van der Waals surface area contributed by atoms with E-state index in [1.54, 1.807) is 12.1 Å². The van der Waals surface area contributed by atoms with Crippen LogP contribution >= 0.6 is 15.9 Å². The van der Waals surface area contributed by atoms with E-state index in [-0.39, 0.29) is 5.78 Å². The van der Waals surface area contributed by atoms with E-state index < -0.39 is 0 Å². The number of hydrogen-bond donors (Lipinski definition) is 0. The van der Waals surface area contributed by atoms with E-state index >= 15 is 0 Å². The second kappa shape index (κ2) is 5.47. The van der Waals surface area contributed by atoms with Crippen molar-refractivity contribution in [2.24, 2.45) is 0 Å². The van der Waals surface area contributed by atoms with Gasteiger partial charge in [0.15, 0.2) is 5.76 Å². The van der Waals surface area contributed by atoms with Crippen molar-refractivity contribution in [1.29, 1.82) is 0 Å². The molecule has 0 atom stereocenters. The summed E-state index contributed by atoms with van der Waals surface area (Å²) in [5.74, 6) is 0.221. The summed E-state index contributed by atoms with van der Waals surface area (Å²) in [6, 6.07) is 17.1. The molecule has 0 radical (unpaired) electrons. The van der Waals surface area contributed by atoms with Crippen LogP contribution in [0.5, 0.6) is 0 Å². The number of hydrogen-bond acceptors (Lipinski definition) is 2. The Morgan fingerprint density at radius 2 is 1.90 bits per heavy atom. The van der Waals surface area contributed by atoms with Crippen LogP contribution in [0.15, 0.2) is 69.6 Å². The number of furan rings is 1. The lowest BCUT2D eigenvalue weighted by atomic mass is 10.2. The fraction of sp³-hybridized carbons (Fsp3) is 0. The van der Waals surface area contributed by atoms with Gasteiger partial charge < -0.3 is 4.42 Å². The molecule has 0 spiro atoms. The quantitative estimate of drug-likeness (QED) is 0.495. The predicted molar refractivity (Wildman–Crippen MR) is 83.7 cm³/mol. The smallest absolute Gasteiger partial charge is 0.221 e. The van der Waals surface area contributed by atoms with Gasteiger partial charge in [0.25, 0.3) is 0 Å². The van der Waals surface area contributed by atoms with Gasteiger partial charge in [-0.05, 0) is 35.9 Å². The number of carbonyl (C=O) groups is 1. The highest BCUT2D eigenvalue weighted by atomic mass is 79.9. The lowest BCUT2D eigenvalue weighted by molar-refractivity contribution is 0.102. The molecule has 2 aromatic carbocycles. The molecule has 0 aliphatic carbocycles. The van der Waals surface area contributed by atoms with Crippen molar-refractivity contribution in [3.05, 3.63) is 76.5 Å². The number of ketones is 1. The zero-order chi connectivity index (χ0) is 13.9. The molecule has 3 rings (SSSR count). The van der Waals surface area contributed by atoms with Gasteiger partial charge in [0, 0.05) is 9.86 Å². The number of para-hydroxylation sites is 1. The molecule has 0 amide bonds. The van der Waals surface area contributed by atoms with Crippen LogP contribution < -0.4 is 0 Å². The Labute approximate surface area is 124 Å². The minimum atomic E-state index is -0.138. The molecule has 1 aromatic heterocycles. The summed E-state index contributed by atoms with van der Waals surface area (Å²) >= 11 is 3.40. The van der Waals surface area contributed by atoms with E-state index in [1.807, 2.05) is 48.5 Å². The topological polar surface area (TPSA) is 30.2 Å². The number of benzene rings is 2. The number of rotatable bonds is 3. The van der Waals surface area contributed by atoms with Gasteiger partial charge in [-0.1, -0.05) is 52.3 Å². The van der Waals surface area contributed by atoms with Crippen molar-refractivity contribution in [3.63, 3.8) is 0 Å². The van der Waals surface area contributed by atoms with E-state index in [4.69, 9.17) is 4.42 Å². The van der Waals surface area contributed by atoms with Gasteiger partial charge in [0.1, 0.15) is 5.58 Å². The maximum atomic E-state index is 12.1. The van der Waals surface area contributed by atoms with Crippen LogP contribution in [0.25, 0.3) is 17.0 Å². The first-order valence-electron chi connectivity index (χ1n) is 6.19. The molecule has 0 bridgehead atoms. The summed E-state index contributed by atoms with van der Waals surface area (Å²) in [4.78, 5) is 12.1. The number of fused-ring (bicyclic) bond motifs is 1. The molecule has 2 nitrogen and oxygen atoms in total. The summed E-state index contributed by atoms with van der Waals surface area (Å²) in [7, 11) is 0. The van der Waals surface area contributed by atoms with Crippen LogP contribution in [0.2, 0.25) is 0 Å². The zero-order valence-corrected chi connectivity index (χ0v) is 12.1. The number of halogens is 1. The van der Waals surface area contributed by atoms with Gasteiger partial charge in [-0.3, -0.25) is 4.79 Å². The first kappa shape index (κ1) is 12.9. The Morgan fingerprint density at radius 3 is 2.70 bits per heavy atom. The Bertz CT molecular complexity index is 766. The molecule has 98 valence electrons. The minimum absolute atomic E-state index is 0.138. The maximum absolute atomic E-state index is 12.1. The second-order valence-corrected chi connectivity index (χ2v) is 5.32. The van der Waals surface area contributed by atoms with Crippen molar-refractivity contribution >= 4 is 38.8 Å². The van der Waals surface area contributed by atoms with Crippen molar-refractivity contribution < 1.29 is 9.21 Å². The Hall–Kier alpha value is -2.13. The lowest BCUT2D eigenvalue weighted by Gasteiger charge is -1.93. The van der Waals surface area contributed by atoms with Crippen molar-refractivity contribution in [1.82, 2.24) is 0 Å². The van der Waals surface area contributed by atoms with Gasteiger partial charge in [0.2, 0.25) is 5.78 Å². The number of allylic oxidation sites excluding steroid dienone is 1. The van der Waals surface area contributed by atoms with Crippen molar-refractivity contribution in [3.8, 4) is 0 Å². The highest BCUT2D eigenvalue weighted by Gasteiger charge is 2.08. The van der Waals surface area contributed by atoms with Gasteiger partial charge in [-0.15, -0.1) is 0 Å². The standard InChI is InChI=1S/C17H11BrO2/c18-14-6-3-4-12(10-14)8-9-15(19)17-11-13-5-1-2-7-16(13)20-17/h1-11H. The maximum Gasteiger partial charge on any atom is 0.221 e. The molecule has 0 fully saturated rings. The van der Waals surface area contributed by atoms with Crippen LogP contribution in [0, 0.1) is 0 Å². The van der Waals surface area contributed by atoms with E-state index in [1.165, 1.54) is 6.08 Å². The average molecular weight is 327 g/mol. The zero-order valence-electron chi connectivity index (χ0n) is 10.5. The molecule has 0 aliphatic heterocycles. The third-order valence-corrected chi connectivity index (χ3v) is 3.44. The molecule has 0 unspecified atom stereocenters. The third kappa shape index (κ3) is 2.73. The lowest BCUT2D eigenvalue weighted by Crippen LogP contribution is -1.90. The number of carbonyl (C=O) groups excluding carboxylic acids is 1. The molecule has 0 saturated carbocycles. The van der Waals surface area contributed by atoms with Gasteiger partial charge >= 0.3 is 0 Å². The largest absolute Gasteiger partial charge is 0.453 e. The summed E-state index contributed by atoms with van der Waals surface area (Å²) < 4.78 is 6.51. The van der Waals surface area contributed by atoms with Gasteiger partial charge in [0.05, 0.1) is 0 Å². The highest BCUT2D eigenvalue weighted by Crippen LogP contribution is 2.20. The summed E-state index contributed by atoms with van der Waals surface area (Å²) in [5.41, 5.74) is 1.69. The summed E-state index contributed by atoms with van der Waals surface area (Å²) in [6.45, 7) is 0. The average Bonchev–Trinajstić information content (AvgIpc) is 2.89. The molecule has 0 N–H and O–H groups in total. The normalized spacial score (nSPS) is 11.2. The molecule has 0 saturated heterocycles. The molecule has 20 heavy (non-hydrogen) atoms.